The number of nitrogen functional groups attached to an aromatic ring is 1. The molecule has 0 bridgehead atoms. The maximum atomic E-state index is 5.95. The average Bonchev–Trinajstić information content (AvgIpc) is 2.21. The van der Waals surface area contributed by atoms with Gasteiger partial charge in [-0.15, -0.1) is 0 Å². The molecule has 0 amide bonds. The van der Waals surface area contributed by atoms with Crippen molar-refractivity contribution < 1.29 is 0 Å². The molecule has 1 atom stereocenters. The van der Waals surface area contributed by atoms with Crippen LogP contribution in [-0.2, 0) is 0 Å². The number of nitrogens with two attached hydrogens (primary N) is 1. The van der Waals surface area contributed by atoms with E-state index in [4.69, 9.17) is 5.73 Å². The molecular weight excluding hydrogens is 172 g/mol. The van der Waals surface area contributed by atoms with Crippen molar-refractivity contribution in [1.29, 1.82) is 0 Å². The first-order chi connectivity index (χ1) is 6.70. The molecule has 0 aliphatic rings. The fourth-order valence-electron chi connectivity index (χ4n) is 1.69. The predicted octanol–water partition coefficient (Wildman–Crippen LogP) is 2.89. The van der Waals surface area contributed by atoms with Crippen LogP contribution in [0.3, 0.4) is 0 Å². The minimum atomic E-state index is 0.546. The molecule has 0 radical (unpaired) electrons. The lowest BCUT2D eigenvalue weighted by molar-refractivity contribution is 0.631. The van der Waals surface area contributed by atoms with Gasteiger partial charge in [-0.25, -0.2) is 0 Å². The van der Waals surface area contributed by atoms with E-state index in [2.05, 4.69) is 31.7 Å². The van der Waals surface area contributed by atoms with Crippen LogP contribution in [0.15, 0.2) is 24.3 Å². The molecule has 1 aromatic rings. The van der Waals surface area contributed by atoms with Gasteiger partial charge in [0.1, 0.15) is 0 Å². The van der Waals surface area contributed by atoms with Gasteiger partial charge >= 0.3 is 0 Å². The summed E-state index contributed by atoms with van der Waals surface area (Å²) < 4.78 is 0. The molecule has 78 valence electrons. The highest BCUT2D eigenvalue weighted by Gasteiger charge is 2.12. The second-order valence-corrected chi connectivity index (χ2v) is 3.60. The summed E-state index contributed by atoms with van der Waals surface area (Å²) in [5, 5.41) is 0. The van der Waals surface area contributed by atoms with E-state index in [0.29, 0.717) is 6.04 Å². The summed E-state index contributed by atoms with van der Waals surface area (Å²) in [7, 11) is 0. The summed E-state index contributed by atoms with van der Waals surface area (Å²) in [6.07, 6.45) is 1.14. The Morgan fingerprint density at radius 2 is 1.93 bits per heavy atom. The SMILES string of the molecule is CCC(C)N(CC)c1ccccc1N. The summed E-state index contributed by atoms with van der Waals surface area (Å²) in [6, 6.07) is 8.61. The number of hydrogen-bond donors (Lipinski definition) is 1. The highest BCUT2D eigenvalue weighted by molar-refractivity contribution is 5.67. The average molecular weight is 192 g/mol. The van der Waals surface area contributed by atoms with Crippen LogP contribution in [0.4, 0.5) is 11.4 Å². The first kappa shape index (κ1) is 10.9. The molecule has 2 nitrogen and oxygen atoms in total. The number of para-hydroxylation sites is 2. The molecule has 1 rings (SSSR count). The van der Waals surface area contributed by atoms with Gasteiger partial charge in [0, 0.05) is 12.6 Å². The number of anilines is 2. The van der Waals surface area contributed by atoms with Crippen molar-refractivity contribution in [2.75, 3.05) is 17.2 Å². The van der Waals surface area contributed by atoms with Crippen LogP contribution in [0.2, 0.25) is 0 Å². The van der Waals surface area contributed by atoms with Gasteiger partial charge in [0.2, 0.25) is 0 Å². The molecule has 1 aromatic carbocycles. The fraction of sp³-hybridized carbons (Fsp3) is 0.500. The zero-order valence-electron chi connectivity index (χ0n) is 9.33. The second-order valence-electron chi connectivity index (χ2n) is 3.60. The first-order valence-electron chi connectivity index (χ1n) is 5.31. The van der Waals surface area contributed by atoms with Crippen LogP contribution >= 0.6 is 0 Å². The summed E-state index contributed by atoms with van der Waals surface area (Å²) in [6.45, 7) is 7.60. The summed E-state index contributed by atoms with van der Waals surface area (Å²) >= 11 is 0. The highest BCUT2D eigenvalue weighted by atomic mass is 15.2. The summed E-state index contributed by atoms with van der Waals surface area (Å²) in [4.78, 5) is 2.34. The second kappa shape index (κ2) is 4.89. The molecule has 0 saturated heterocycles. The van der Waals surface area contributed by atoms with E-state index >= 15 is 0 Å². The minimum absolute atomic E-state index is 0.546. The van der Waals surface area contributed by atoms with Crippen LogP contribution in [0.1, 0.15) is 27.2 Å². The largest absolute Gasteiger partial charge is 0.397 e. The topological polar surface area (TPSA) is 29.3 Å². The van der Waals surface area contributed by atoms with Crippen molar-refractivity contribution in [3.05, 3.63) is 24.3 Å². The molecule has 2 heteroatoms. The highest BCUT2D eigenvalue weighted by Crippen LogP contribution is 2.24. The van der Waals surface area contributed by atoms with Gasteiger partial charge in [0.25, 0.3) is 0 Å². The van der Waals surface area contributed by atoms with E-state index in [-0.39, 0.29) is 0 Å². The predicted molar refractivity (Wildman–Crippen MR) is 63.6 cm³/mol. The molecule has 0 aliphatic heterocycles. The van der Waals surface area contributed by atoms with Crippen LogP contribution in [0.25, 0.3) is 0 Å². The first-order valence-corrected chi connectivity index (χ1v) is 5.31. The molecule has 0 fully saturated rings. The normalized spacial score (nSPS) is 12.5. The van der Waals surface area contributed by atoms with E-state index in [1.54, 1.807) is 0 Å². The smallest absolute Gasteiger partial charge is 0.0602 e. The van der Waals surface area contributed by atoms with Crippen LogP contribution in [0, 0.1) is 0 Å². The van der Waals surface area contributed by atoms with Gasteiger partial charge in [0.05, 0.1) is 11.4 Å². The van der Waals surface area contributed by atoms with Crippen LogP contribution in [-0.4, -0.2) is 12.6 Å². The Kier molecular flexibility index (Phi) is 3.81. The number of hydrogen-bond acceptors (Lipinski definition) is 2. The number of benzene rings is 1. The molecular formula is C12H20N2. The Morgan fingerprint density at radius 1 is 1.29 bits per heavy atom. The van der Waals surface area contributed by atoms with Gasteiger partial charge in [-0.05, 0) is 32.4 Å². The van der Waals surface area contributed by atoms with E-state index in [9.17, 15) is 0 Å². The molecule has 14 heavy (non-hydrogen) atoms. The van der Waals surface area contributed by atoms with Crippen LogP contribution < -0.4 is 10.6 Å². The zero-order valence-corrected chi connectivity index (χ0v) is 9.33. The summed E-state index contributed by atoms with van der Waals surface area (Å²) in [5.74, 6) is 0. The van der Waals surface area contributed by atoms with Gasteiger partial charge < -0.3 is 10.6 Å². The minimum Gasteiger partial charge on any atom is -0.397 e. The molecule has 2 N–H and O–H groups in total. The maximum absolute atomic E-state index is 5.95. The Hall–Kier alpha value is -1.18. The van der Waals surface area contributed by atoms with Gasteiger partial charge in [-0.1, -0.05) is 19.1 Å². The Labute approximate surface area is 86.7 Å². The van der Waals surface area contributed by atoms with Crippen molar-refractivity contribution >= 4 is 11.4 Å². The lowest BCUT2D eigenvalue weighted by Crippen LogP contribution is -2.32. The monoisotopic (exact) mass is 192 g/mol. The Morgan fingerprint density at radius 3 is 2.43 bits per heavy atom. The quantitative estimate of drug-likeness (QED) is 0.743. The van der Waals surface area contributed by atoms with Crippen molar-refractivity contribution in [1.82, 2.24) is 0 Å². The van der Waals surface area contributed by atoms with Crippen molar-refractivity contribution in [2.45, 2.75) is 33.2 Å². The van der Waals surface area contributed by atoms with Gasteiger partial charge in [-0.3, -0.25) is 0 Å². The summed E-state index contributed by atoms with van der Waals surface area (Å²) in [5.41, 5.74) is 7.97. The molecule has 0 aliphatic carbocycles. The Balaban J connectivity index is 2.94. The van der Waals surface area contributed by atoms with E-state index in [0.717, 1.165) is 24.3 Å². The lowest BCUT2D eigenvalue weighted by Gasteiger charge is -2.30. The van der Waals surface area contributed by atoms with Crippen LogP contribution in [0.5, 0.6) is 0 Å². The third-order valence-electron chi connectivity index (χ3n) is 2.71. The number of rotatable bonds is 4. The fourth-order valence-corrected chi connectivity index (χ4v) is 1.69. The van der Waals surface area contributed by atoms with Gasteiger partial charge in [-0.2, -0.15) is 0 Å². The third-order valence-corrected chi connectivity index (χ3v) is 2.71. The van der Waals surface area contributed by atoms with Crippen molar-refractivity contribution in [3.63, 3.8) is 0 Å². The lowest BCUT2D eigenvalue weighted by atomic mass is 10.1. The number of nitrogens with zero attached hydrogens (tertiary/aromatic N) is 1. The zero-order chi connectivity index (χ0) is 10.6. The van der Waals surface area contributed by atoms with Crippen molar-refractivity contribution in [2.24, 2.45) is 0 Å². The van der Waals surface area contributed by atoms with Crippen molar-refractivity contribution in [3.8, 4) is 0 Å². The maximum Gasteiger partial charge on any atom is 0.0602 e. The Bertz CT molecular complexity index is 283. The van der Waals surface area contributed by atoms with E-state index in [1.807, 2.05) is 18.2 Å². The molecule has 0 heterocycles. The molecule has 1 unspecified atom stereocenters. The standard InChI is InChI=1S/C12H20N2/c1-4-10(3)14(5-2)12-9-7-6-8-11(12)13/h6-10H,4-5,13H2,1-3H3. The van der Waals surface area contributed by atoms with E-state index < -0.39 is 0 Å². The van der Waals surface area contributed by atoms with Gasteiger partial charge in [0.15, 0.2) is 0 Å². The molecule has 0 spiro atoms. The third kappa shape index (κ3) is 2.19. The van der Waals surface area contributed by atoms with E-state index in [1.165, 1.54) is 0 Å². The molecule has 0 saturated carbocycles. The molecule has 0 aromatic heterocycles.